The summed E-state index contributed by atoms with van der Waals surface area (Å²) in [5, 5.41) is 3.48. The van der Waals surface area contributed by atoms with Crippen LogP contribution in [0.15, 0.2) is 0 Å². The SMILES string of the molecule is C1CC[SiH](C2CCNCC2)CC1. The molecule has 0 aromatic carbocycles. The Hall–Kier alpha value is 0.177. The first-order chi connectivity index (χ1) is 5.97. The maximum absolute atomic E-state index is 3.48. The first-order valence-corrected chi connectivity index (χ1v) is 7.97. The van der Waals surface area contributed by atoms with E-state index in [0.717, 1.165) is 0 Å². The van der Waals surface area contributed by atoms with Crippen LogP contribution in [0.3, 0.4) is 0 Å². The van der Waals surface area contributed by atoms with E-state index in [1.54, 1.807) is 24.9 Å². The number of rotatable bonds is 1. The van der Waals surface area contributed by atoms with Gasteiger partial charge in [-0.3, -0.25) is 0 Å². The quantitative estimate of drug-likeness (QED) is 0.614. The summed E-state index contributed by atoms with van der Waals surface area (Å²) in [5.41, 5.74) is 1.21. The molecule has 0 amide bonds. The third kappa shape index (κ3) is 2.11. The second kappa shape index (κ2) is 4.42. The summed E-state index contributed by atoms with van der Waals surface area (Å²) in [4.78, 5) is 0. The summed E-state index contributed by atoms with van der Waals surface area (Å²) in [7, 11) is -0.248. The molecule has 12 heavy (non-hydrogen) atoms. The van der Waals surface area contributed by atoms with Gasteiger partial charge in [0.25, 0.3) is 0 Å². The Bertz CT molecular complexity index is 110. The van der Waals surface area contributed by atoms with Gasteiger partial charge in [0.1, 0.15) is 0 Å². The number of nitrogens with one attached hydrogen (secondary N) is 1. The van der Waals surface area contributed by atoms with Gasteiger partial charge in [0, 0.05) is 8.80 Å². The smallest absolute Gasteiger partial charge is 0.0400 e. The Kier molecular flexibility index (Phi) is 3.23. The molecule has 70 valence electrons. The largest absolute Gasteiger partial charge is 0.317 e. The highest BCUT2D eigenvalue weighted by Gasteiger charge is 2.25. The van der Waals surface area contributed by atoms with Gasteiger partial charge in [-0.25, -0.2) is 0 Å². The van der Waals surface area contributed by atoms with E-state index in [1.807, 2.05) is 0 Å². The van der Waals surface area contributed by atoms with Crippen LogP contribution in [-0.4, -0.2) is 21.9 Å². The van der Waals surface area contributed by atoms with E-state index in [1.165, 1.54) is 37.9 Å². The highest BCUT2D eigenvalue weighted by molar-refractivity contribution is 6.60. The van der Waals surface area contributed by atoms with Gasteiger partial charge in [0.15, 0.2) is 0 Å². The summed E-state index contributed by atoms with van der Waals surface area (Å²) in [6.07, 6.45) is 7.70. The van der Waals surface area contributed by atoms with Gasteiger partial charge < -0.3 is 5.32 Å². The molecule has 2 heteroatoms. The molecule has 2 rings (SSSR count). The van der Waals surface area contributed by atoms with Crippen LogP contribution in [0.1, 0.15) is 32.1 Å². The van der Waals surface area contributed by atoms with Crippen LogP contribution >= 0.6 is 0 Å². The van der Waals surface area contributed by atoms with Crippen LogP contribution in [-0.2, 0) is 0 Å². The van der Waals surface area contributed by atoms with Crippen LogP contribution in [0, 0.1) is 0 Å². The number of hydrogen-bond acceptors (Lipinski definition) is 1. The fourth-order valence-corrected chi connectivity index (χ4v) is 7.05. The predicted molar refractivity (Wildman–Crippen MR) is 56.5 cm³/mol. The Morgan fingerprint density at radius 1 is 0.917 bits per heavy atom. The van der Waals surface area contributed by atoms with Crippen molar-refractivity contribution in [1.29, 1.82) is 0 Å². The number of piperidine rings is 1. The van der Waals surface area contributed by atoms with Gasteiger partial charge >= 0.3 is 0 Å². The molecular formula is C10H21NSi. The third-order valence-electron chi connectivity index (χ3n) is 3.70. The van der Waals surface area contributed by atoms with Crippen molar-refractivity contribution < 1.29 is 0 Å². The van der Waals surface area contributed by atoms with Crippen molar-refractivity contribution in [2.24, 2.45) is 0 Å². The summed E-state index contributed by atoms with van der Waals surface area (Å²) in [6.45, 7) is 2.63. The zero-order valence-corrected chi connectivity index (χ0v) is 9.17. The molecule has 0 aliphatic carbocycles. The fraction of sp³-hybridized carbons (Fsp3) is 1.00. The topological polar surface area (TPSA) is 12.0 Å². The van der Waals surface area contributed by atoms with Crippen molar-refractivity contribution >= 4 is 8.80 Å². The van der Waals surface area contributed by atoms with Crippen molar-refractivity contribution in [3.05, 3.63) is 0 Å². The highest BCUT2D eigenvalue weighted by Crippen LogP contribution is 2.32. The fourth-order valence-electron chi connectivity index (χ4n) is 2.92. The first-order valence-electron chi connectivity index (χ1n) is 5.67. The second-order valence-electron chi connectivity index (χ2n) is 4.49. The van der Waals surface area contributed by atoms with Gasteiger partial charge in [-0.05, 0) is 31.5 Å². The lowest BCUT2D eigenvalue weighted by atomic mass is 10.2. The maximum Gasteiger partial charge on any atom is 0.0400 e. The molecular weight excluding hydrogens is 162 g/mol. The predicted octanol–water partition coefficient (Wildman–Crippen LogP) is 2.15. The molecule has 1 N–H and O–H groups in total. The van der Waals surface area contributed by atoms with E-state index in [2.05, 4.69) is 5.32 Å². The zero-order valence-electron chi connectivity index (χ0n) is 8.02. The average Bonchev–Trinajstić information content (AvgIpc) is 2.21. The van der Waals surface area contributed by atoms with Crippen molar-refractivity contribution in [2.75, 3.05) is 13.1 Å². The van der Waals surface area contributed by atoms with E-state index in [-0.39, 0.29) is 8.80 Å². The lowest BCUT2D eigenvalue weighted by Crippen LogP contribution is -2.33. The highest BCUT2D eigenvalue weighted by atomic mass is 28.3. The van der Waals surface area contributed by atoms with E-state index >= 15 is 0 Å². The Morgan fingerprint density at radius 2 is 1.58 bits per heavy atom. The van der Waals surface area contributed by atoms with Crippen LogP contribution in [0.2, 0.25) is 17.6 Å². The lowest BCUT2D eigenvalue weighted by Gasteiger charge is -2.32. The summed E-state index contributed by atoms with van der Waals surface area (Å²) in [5.74, 6) is 0. The molecule has 2 fully saturated rings. The molecule has 0 aromatic rings. The van der Waals surface area contributed by atoms with Gasteiger partial charge in [0.05, 0.1) is 0 Å². The van der Waals surface area contributed by atoms with Crippen molar-refractivity contribution in [2.45, 2.75) is 49.7 Å². The van der Waals surface area contributed by atoms with E-state index in [4.69, 9.17) is 0 Å². The molecule has 0 bridgehead atoms. The number of hydrogen-bond donors (Lipinski definition) is 1. The third-order valence-corrected chi connectivity index (χ3v) is 8.00. The van der Waals surface area contributed by atoms with Gasteiger partial charge in [-0.2, -0.15) is 0 Å². The molecule has 0 radical (unpaired) electrons. The summed E-state index contributed by atoms with van der Waals surface area (Å²) >= 11 is 0. The second-order valence-corrected chi connectivity index (χ2v) is 8.10. The van der Waals surface area contributed by atoms with E-state index < -0.39 is 0 Å². The molecule has 0 spiro atoms. The van der Waals surface area contributed by atoms with Crippen molar-refractivity contribution in [3.8, 4) is 0 Å². The Labute approximate surface area is 77.5 Å². The molecule has 2 aliphatic heterocycles. The normalized spacial score (nSPS) is 29.0. The first kappa shape index (κ1) is 8.76. The molecule has 2 saturated heterocycles. The molecule has 0 aromatic heterocycles. The van der Waals surface area contributed by atoms with Crippen molar-refractivity contribution in [3.63, 3.8) is 0 Å². The van der Waals surface area contributed by atoms with Crippen molar-refractivity contribution in [1.82, 2.24) is 5.32 Å². The minimum absolute atomic E-state index is 0.248. The van der Waals surface area contributed by atoms with Crippen LogP contribution in [0.5, 0.6) is 0 Å². The lowest BCUT2D eigenvalue weighted by molar-refractivity contribution is 0.505. The maximum atomic E-state index is 3.48. The molecule has 0 saturated carbocycles. The minimum Gasteiger partial charge on any atom is -0.317 e. The molecule has 2 heterocycles. The van der Waals surface area contributed by atoms with Gasteiger partial charge in [0.2, 0.25) is 0 Å². The summed E-state index contributed by atoms with van der Waals surface area (Å²) in [6, 6.07) is 3.34. The molecule has 1 nitrogen and oxygen atoms in total. The minimum atomic E-state index is -0.248. The monoisotopic (exact) mass is 183 g/mol. The van der Waals surface area contributed by atoms with Crippen LogP contribution in [0.25, 0.3) is 0 Å². The molecule has 0 unspecified atom stereocenters. The standard InChI is InChI=1S/C10H21NSi/c1-2-8-12(9-3-1)10-4-6-11-7-5-10/h10-12H,1-9H2. The Morgan fingerprint density at radius 3 is 2.25 bits per heavy atom. The van der Waals surface area contributed by atoms with E-state index in [0.29, 0.717) is 0 Å². The molecule has 0 atom stereocenters. The van der Waals surface area contributed by atoms with Crippen LogP contribution < -0.4 is 5.32 Å². The summed E-state index contributed by atoms with van der Waals surface area (Å²) < 4.78 is 0. The zero-order chi connectivity index (χ0) is 8.23. The van der Waals surface area contributed by atoms with Crippen LogP contribution in [0.4, 0.5) is 0 Å². The van der Waals surface area contributed by atoms with E-state index in [9.17, 15) is 0 Å². The van der Waals surface area contributed by atoms with Gasteiger partial charge in [-0.1, -0.05) is 31.4 Å². The molecule has 2 aliphatic rings. The Balaban J connectivity index is 1.80. The van der Waals surface area contributed by atoms with Gasteiger partial charge in [-0.15, -0.1) is 0 Å². The average molecular weight is 183 g/mol.